The summed E-state index contributed by atoms with van der Waals surface area (Å²) in [6, 6.07) is 0. The molecule has 0 bridgehead atoms. The first-order valence-electron chi connectivity index (χ1n) is 7.23. The van der Waals surface area contributed by atoms with Crippen LogP contribution in [0, 0.1) is 5.92 Å². The predicted molar refractivity (Wildman–Crippen MR) is 78.0 cm³/mol. The van der Waals surface area contributed by atoms with Crippen molar-refractivity contribution in [2.24, 2.45) is 5.92 Å². The van der Waals surface area contributed by atoms with Gasteiger partial charge in [0.05, 0.1) is 12.9 Å². The lowest BCUT2D eigenvalue weighted by Crippen LogP contribution is -2.42. The van der Waals surface area contributed by atoms with Crippen molar-refractivity contribution in [3.05, 3.63) is 0 Å². The largest absolute Gasteiger partial charge is 0.466 e. The lowest BCUT2D eigenvalue weighted by atomic mass is 9.97. The van der Waals surface area contributed by atoms with Crippen molar-refractivity contribution < 1.29 is 22.7 Å². The van der Waals surface area contributed by atoms with Crippen LogP contribution in [0.25, 0.3) is 0 Å². The molecule has 1 saturated heterocycles. The Morgan fingerprint density at radius 1 is 1.29 bits per heavy atom. The van der Waals surface area contributed by atoms with E-state index in [1.165, 1.54) is 10.6 Å². The number of rotatable bonds is 7. The third-order valence-corrected chi connectivity index (χ3v) is 4.76. The number of sulfonamides is 1. The summed E-state index contributed by atoms with van der Waals surface area (Å²) >= 11 is 0. The average Bonchev–Trinajstić information content (AvgIpc) is 2.43. The van der Waals surface area contributed by atoms with Gasteiger partial charge in [0.2, 0.25) is 15.9 Å². The Kier molecular flexibility index (Phi) is 7.10. The first-order valence-corrected chi connectivity index (χ1v) is 9.08. The quantitative estimate of drug-likeness (QED) is 0.531. The standard InChI is InChI=1S/C13H24N2O5S/c1-3-20-12(16)5-4-8-14-13(17)11-6-9-15(10-7-11)21(2,18)19/h11H,3-10H2,1-2H3,(H,14,17). The van der Waals surface area contributed by atoms with Gasteiger partial charge >= 0.3 is 5.97 Å². The van der Waals surface area contributed by atoms with Gasteiger partial charge in [-0.15, -0.1) is 0 Å². The molecule has 0 saturated carbocycles. The van der Waals surface area contributed by atoms with Gasteiger partial charge in [-0.25, -0.2) is 12.7 Å². The van der Waals surface area contributed by atoms with Gasteiger partial charge in [-0.2, -0.15) is 0 Å². The number of ether oxygens (including phenoxy) is 1. The fraction of sp³-hybridized carbons (Fsp3) is 0.846. The summed E-state index contributed by atoms with van der Waals surface area (Å²) in [7, 11) is -3.16. The molecule has 1 heterocycles. The second kappa shape index (κ2) is 8.33. The molecule has 0 aliphatic carbocycles. The van der Waals surface area contributed by atoms with E-state index < -0.39 is 10.0 Å². The van der Waals surface area contributed by atoms with E-state index in [9.17, 15) is 18.0 Å². The summed E-state index contributed by atoms with van der Waals surface area (Å²) in [5.74, 6) is -0.467. The highest BCUT2D eigenvalue weighted by Crippen LogP contribution is 2.19. The van der Waals surface area contributed by atoms with E-state index in [2.05, 4.69) is 5.32 Å². The Morgan fingerprint density at radius 2 is 1.90 bits per heavy atom. The highest BCUT2D eigenvalue weighted by molar-refractivity contribution is 7.88. The maximum atomic E-state index is 11.9. The molecular formula is C13H24N2O5S. The average molecular weight is 320 g/mol. The van der Waals surface area contributed by atoms with Crippen LogP contribution in [-0.4, -0.2) is 57.1 Å². The molecule has 0 radical (unpaired) electrons. The van der Waals surface area contributed by atoms with Crippen molar-refractivity contribution in [3.63, 3.8) is 0 Å². The molecule has 1 amide bonds. The fourth-order valence-electron chi connectivity index (χ4n) is 2.27. The molecule has 0 aromatic heterocycles. The number of carbonyl (C=O) groups is 2. The van der Waals surface area contributed by atoms with Crippen LogP contribution < -0.4 is 5.32 Å². The number of nitrogens with zero attached hydrogens (tertiary/aromatic N) is 1. The molecule has 1 fully saturated rings. The summed E-state index contributed by atoms with van der Waals surface area (Å²) in [6.45, 7) is 3.33. The van der Waals surface area contributed by atoms with Crippen molar-refractivity contribution in [1.29, 1.82) is 0 Å². The van der Waals surface area contributed by atoms with Crippen molar-refractivity contribution >= 4 is 21.9 Å². The number of hydrogen-bond acceptors (Lipinski definition) is 5. The number of piperidine rings is 1. The zero-order valence-corrected chi connectivity index (χ0v) is 13.4. The first kappa shape index (κ1) is 17.9. The van der Waals surface area contributed by atoms with E-state index in [1.54, 1.807) is 6.92 Å². The number of carbonyl (C=O) groups excluding carboxylic acids is 2. The minimum absolute atomic E-state index is 0.0630. The van der Waals surface area contributed by atoms with E-state index in [-0.39, 0.29) is 17.8 Å². The number of nitrogens with one attached hydrogen (secondary N) is 1. The number of hydrogen-bond donors (Lipinski definition) is 1. The third-order valence-electron chi connectivity index (χ3n) is 3.46. The van der Waals surface area contributed by atoms with Crippen LogP contribution in [0.2, 0.25) is 0 Å². The first-order chi connectivity index (χ1) is 9.84. The Balaban J connectivity index is 2.21. The fourth-order valence-corrected chi connectivity index (χ4v) is 3.15. The highest BCUT2D eigenvalue weighted by atomic mass is 32.2. The zero-order chi connectivity index (χ0) is 15.9. The van der Waals surface area contributed by atoms with Gasteiger partial charge in [0, 0.05) is 32.0 Å². The normalized spacial score (nSPS) is 17.4. The van der Waals surface area contributed by atoms with E-state index >= 15 is 0 Å². The summed E-state index contributed by atoms with van der Waals surface area (Å²) in [4.78, 5) is 23.1. The maximum Gasteiger partial charge on any atom is 0.305 e. The second-order valence-electron chi connectivity index (χ2n) is 5.14. The molecule has 0 unspecified atom stereocenters. The molecule has 0 aromatic rings. The zero-order valence-electron chi connectivity index (χ0n) is 12.6. The minimum Gasteiger partial charge on any atom is -0.466 e. The van der Waals surface area contributed by atoms with Crippen molar-refractivity contribution in [2.45, 2.75) is 32.6 Å². The van der Waals surface area contributed by atoms with Gasteiger partial charge in [-0.1, -0.05) is 0 Å². The van der Waals surface area contributed by atoms with Gasteiger partial charge in [0.1, 0.15) is 0 Å². The van der Waals surface area contributed by atoms with Crippen LogP contribution in [0.5, 0.6) is 0 Å². The summed E-state index contributed by atoms with van der Waals surface area (Å²) in [5.41, 5.74) is 0. The van der Waals surface area contributed by atoms with Crippen LogP contribution in [0.4, 0.5) is 0 Å². The lowest BCUT2D eigenvalue weighted by molar-refractivity contribution is -0.143. The molecule has 1 aliphatic rings. The van der Waals surface area contributed by atoms with Gasteiger partial charge in [-0.3, -0.25) is 9.59 Å². The topological polar surface area (TPSA) is 92.8 Å². The highest BCUT2D eigenvalue weighted by Gasteiger charge is 2.28. The number of amides is 1. The van der Waals surface area contributed by atoms with Gasteiger partial charge in [0.15, 0.2) is 0 Å². The molecule has 7 nitrogen and oxygen atoms in total. The third kappa shape index (κ3) is 6.43. The van der Waals surface area contributed by atoms with Gasteiger partial charge < -0.3 is 10.1 Å². The molecule has 122 valence electrons. The summed E-state index contributed by atoms with van der Waals surface area (Å²) in [6.07, 6.45) is 3.10. The van der Waals surface area contributed by atoms with E-state index in [4.69, 9.17) is 4.74 Å². The van der Waals surface area contributed by atoms with Crippen LogP contribution in [-0.2, 0) is 24.3 Å². The molecule has 0 aromatic carbocycles. The van der Waals surface area contributed by atoms with Crippen LogP contribution in [0.3, 0.4) is 0 Å². The Morgan fingerprint density at radius 3 is 2.43 bits per heavy atom. The van der Waals surface area contributed by atoms with E-state index in [1.807, 2.05) is 0 Å². The van der Waals surface area contributed by atoms with E-state index in [0.717, 1.165) is 0 Å². The molecule has 1 N–H and O–H groups in total. The van der Waals surface area contributed by atoms with Crippen LogP contribution in [0.1, 0.15) is 32.6 Å². The second-order valence-corrected chi connectivity index (χ2v) is 7.12. The minimum atomic E-state index is -3.16. The molecular weight excluding hydrogens is 296 g/mol. The van der Waals surface area contributed by atoms with Crippen LogP contribution in [0.15, 0.2) is 0 Å². The Labute approximate surface area is 126 Å². The van der Waals surface area contributed by atoms with Crippen LogP contribution >= 0.6 is 0 Å². The lowest BCUT2D eigenvalue weighted by Gasteiger charge is -2.29. The molecule has 0 atom stereocenters. The summed E-state index contributed by atoms with van der Waals surface area (Å²) < 4.78 is 28.9. The molecule has 1 rings (SSSR count). The molecule has 0 spiro atoms. The van der Waals surface area contributed by atoms with Crippen molar-refractivity contribution in [3.8, 4) is 0 Å². The monoisotopic (exact) mass is 320 g/mol. The van der Waals surface area contributed by atoms with Gasteiger partial charge in [-0.05, 0) is 26.2 Å². The Bertz CT molecular complexity index is 455. The molecule has 21 heavy (non-hydrogen) atoms. The maximum absolute atomic E-state index is 11.9. The SMILES string of the molecule is CCOC(=O)CCCNC(=O)C1CCN(S(C)(=O)=O)CC1. The predicted octanol–water partition coefficient (Wildman–Crippen LogP) is 0.118. The molecule has 8 heteroatoms. The Hall–Kier alpha value is -1.15. The van der Waals surface area contributed by atoms with Crippen molar-refractivity contribution in [2.75, 3.05) is 32.5 Å². The number of esters is 1. The molecule has 1 aliphatic heterocycles. The summed E-state index contributed by atoms with van der Waals surface area (Å²) in [5, 5.41) is 2.79. The van der Waals surface area contributed by atoms with Gasteiger partial charge in [0.25, 0.3) is 0 Å². The van der Waals surface area contributed by atoms with E-state index in [0.29, 0.717) is 51.9 Å². The smallest absolute Gasteiger partial charge is 0.305 e. The van der Waals surface area contributed by atoms with Crippen molar-refractivity contribution in [1.82, 2.24) is 9.62 Å².